The Morgan fingerprint density at radius 3 is 2.88 bits per heavy atom. The van der Waals surface area contributed by atoms with E-state index in [-0.39, 0.29) is 6.04 Å². The van der Waals surface area contributed by atoms with Crippen molar-refractivity contribution in [2.45, 2.75) is 13.0 Å². The SMILES string of the molecule is C[C@H](NC/C=C/C(=O)O)c1ccccc1Br. The average Bonchev–Trinajstić information content (AvgIpc) is 2.24. The molecule has 0 spiro atoms. The number of benzene rings is 1. The van der Waals surface area contributed by atoms with Crippen LogP contribution in [0.5, 0.6) is 0 Å². The summed E-state index contributed by atoms with van der Waals surface area (Å²) in [5.41, 5.74) is 1.16. The number of halogens is 1. The van der Waals surface area contributed by atoms with E-state index in [9.17, 15) is 4.79 Å². The molecular weight excluding hydrogens is 270 g/mol. The van der Waals surface area contributed by atoms with E-state index in [2.05, 4.69) is 21.2 Å². The van der Waals surface area contributed by atoms with Crippen LogP contribution in [0, 0.1) is 0 Å². The second-order valence-electron chi connectivity index (χ2n) is 3.39. The van der Waals surface area contributed by atoms with Crippen LogP contribution in [0.4, 0.5) is 0 Å². The summed E-state index contributed by atoms with van der Waals surface area (Å²) in [5.74, 6) is -0.921. The minimum Gasteiger partial charge on any atom is -0.478 e. The first kappa shape index (κ1) is 12.9. The molecule has 0 unspecified atom stereocenters. The minimum atomic E-state index is -0.921. The third-order valence-corrected chi connectivity index (χ3v) is 2.90. The first-order valence-electron chi connectivity index (χ1n) is 4.98. The summed E-state index contributed by atoms with van der Waals surface area (Å²) in [6, 6.07) is 8.13. The lowest BCUT2D eigenvalue weighted by atomic mass is 10.1. The van der Waals surface area contributed by atoms with Crippen molar-refractivity contribution < 1.29 is 9.90 Å². The van der Waals surface area contributed by atoms with E-state index in [1.807, 2.05) is 31.2 Å². The predicted molar refractivity (Wildman–Crippen MR) is 67.3 cm³/mol. The molecule has 0 radical (unpaired) electrons. The number of nitrogens with one attached hydrogen (secondary N) is 1. The van der Waals surface area contributed by atoms with Gasteiger partial charge in [-0.25, -0.2) is 4.79 Å². The third-order valence-electron chi connectivity index (χ3n) is 2.17. The first-order chi connectivity index (χ1) is 7.61. The summed E-state index contributed by atoms with van der Waals surface area (Å²) >= 11 is 3.48. The molecule has 1 aromatic rings. The molecule has 2 N–H and O–H groups in total. The molecule has 0 fully saturated rings. The molecule has 0 aliphatic heterocycles. The van der Waals surface area contributed by atoms with Crippen molar-refractivity contribution in [1.29, 1.82) is 0 Å². The van der Waals surface area contributed by atoms with Crippen molar-refractivity contribution in [2.75, 3.05) is 6.54 Å². The van der Waals surface area contributed by atoms with Crippen LogP contribution in [0.2, 0.25) is 0 Å². The second kappa shape index (κ2) is 6.45. The molecule has 0 saturated carbocycles. The highest BCUT2D eigenvalue weighted by Gasteiger charge is 2.06. The van der Waals surface area contributed by atoms with E-state index in [0.717, 1.165) is 16.1 Å². The lowest BCUT2D eigenvalue weighted by molar-refractivity contribution is -0.131. The Balaban J connectivity index is 2.50. The van der Waals surface area contributed by atoms with Crippen LogP contribution < -0.4 is 5.32 Å². The largest absolute Gasteiger partial charge is 0.478 e. The molecule has 1 aromatic carbocycles. The summed E-state index contributed by atoms with van der Waals surface area (Å²) in [6.07, 6.45) is 2.73. The number of carboxylic acids is 1. The molecule has 3 nitrogen and oxygen atoms in total. The van der Waals surface area contributed by atoms with E-state index in [1.165, 1.54) is 0 Å². The van der Waals surface area contributed by atoms with Gasteiger partial charge in [0.1, 0.15) is 0 Å². The maximum absolute atomic E-state index is 10.2. The Bertz CT molecular complexity index is 390. The van der Waals surface area contributed by atoms with Crippen LogP contribution in [0.1, 0.15) is 18.5 Å². The molecule has 0 bridgehead atoms. The van der Waals surface area contributed by atoms with Gasteiger partial charge in [-0.2, -0.15) is 0 Å². The van der Waals surface area contributed by atoms with Crippen molar-refractivity contribution in [3.63, 3.8) is 0 Å². The first-order valence-corrected chi connectivity index (χ1v) is 5.78. The molecule has 0 aromatic heterocycles. The van der Waals surface area contributed by atoms with Gasteiger partial charge in [-0.3, -0.25) is 0 Å². The number of hydrogen-bond acceptors (Lipinski definition) is 2. The van der Waals surface area contributed by atoms with Gasteiger partial charge < -0.3 is 10.4 Å². The molecule has 86 valence electrons. The van der Waals surface area contributed by atoms with Crippen molar-refractivity contribution >= 4 is 21.9 Å². The van der Waals surface area contributed by atoms with Gasteiger partial charge in [0, 0.05) is 23.1 Å². The summed E-state index contributed by atoms with van der Waals surface area (Å²) < 4.78 is 1.05. The third kappa shape index (κ3) is 4.16. The molecule has 0 aliphatic carbocycles. The van der Waals surface area contributed by atoms with Crippen LogP contribution in [0.25, 0.3) is 0 Å². The van der Waals surface area contributed by atoms with E-state index < -0.39 is 5.97 Å². The highest BCUT2D eigenvalue weighted by Crippen LogP contribution is 2.22. The normalized spacial score (nSPS) is 12.9. The van der Waals surface area contributed by atoms with E-state index in [4.69, 9.17) is 5.11 Å². The van der Waals surface area contributed by atoms with Crippen molar-refractivity contribution in [1.82, 2.24) is 5.32 Å². The summed E-state index contributed by atoms with van der Waals surface area (Å²) in [4.78, 5) is 10.2. The van der Waals surface area contributed by atoms with Crippen molar-refractivity contribution in [3.05, 3.63) is 46.5 Å². The van der Waals surface area contributed by atoms with E-state index in [0.29, 0.717) is 6.54 Å². The Morgan fingerprint density at radius 2 is 2.25 bits per heavy atom. The van der Waals surface area contributed by atoms with Gasteiger partial charge in [0.25, 0.3) is 0 Å². The highest BCUT2D eigenvalue weighted by molar-refractivity contribution is 9.10. The fourth-order valence-electron chi connectivity index (χ4n) is 1.34. The van der Waals surface area contributed by atoms with Gasteiger partial charge in [-0.15, -0.1) is 0 Å². The lowest BCUT2D eigenvalue weighted by Gasteiger charge is -2.14. The standard InChI is InChI=1S/C12H14BrNO2/c1-9(14-8-4-7-12(15)16)10-5-2-3-6-11(10)13/h2-7,9,14H,8H2,1H3,(H,15,16)/b7-4+/t9-/m0/s1. The number of hydrogen-bond donors (Lipinski definition) is 2. The molecule has 0 heterocycles. The Kier molecular flexibility index (Phi) is 5.22. The topological polar surface area (TPSA) is 49.3 Å². The Morgan fingerprint density at radius 1 is 1.56 bits per heavy atom. The summed E-state index contributed by atoms with van der Waals surface area (Å²) in [6.45, 7) is 2.57. The minimum absolute atomic E-state index is 0.175. The van der Waals surface area contributed by atoms with Crippen molar-refractivity contribution in [2.24, 2.45) is 0 Å². The average molecular weight is 284 g/mol. The molecule has 0 aliphatic rings. The predicted octanol–water partition coefficient (Wildman–Crippen LogP) is 2.74. The number of rotatable bonds is 5. The van der Waals surface area contributed by atoms with Crippen LogP contribution >= 0.6 is 15.9 Å². The van der Waals surface area contributed by atoms with Gasteiger partial charge in [-0.1, -0.05) is 40.2 Å². The quantitative estimate of drug-likeness (QED) is 0.817. The number of aliphatic carboxylic acids is 1. The molecule has 0 saturated heterocycles. The molecule has 16 heavy (non-hydrogen) atoms. The maximum Gasteiger partial charge on any atom is 0.328 e. The number of carbonyl (C=O) groups is 1. The second-order valence-corrected chi connectivity index (χ2v) is 4.25. The van der Waals surface area contributed by atoms with Gasteiger partial charge in [-0.05, 0) is 18.6 Å². The zero-order valence-electron chi connectivity index (χ0n) is 8.98. The van der Waals surface area contributed by atoms with Gasteiger partial charge in [0.15, 0.2) is 0 Å². The van der Waals surface area contributed by atoms with E-state index >= 15 is 0 Å². The Labute approximate surface area is 103 Å². The van der Waals surface area contributed by atoms with Crippen molar-refractivity contribution in [3.8, 4) is 0 Å². The summed E-state index contributed by atoms with van der Waals surface area (Å²) in [5, 5.41) is 11.6. The lowest BCUT2D eigenvalue weighted by Crippen LogP contribution is -2.19. The fourth-order valence-corrected chi connectivity index (χ4v) is 1.97. The Hall–Kier alpha value is -1.13. The van der Waals surface area contributed by atoms with Gasteiger partial charge in [0.2, 0.25) is 0 Å². The van der Waals surface area contributed by atoms with Gasteiger partial charge in [0.05, 0.1) is 0 Å². The van der Waals surface area contributed by atoms with Crippen LogP contribution in [-0.2, 0) is 4.79 Å². The maximum atomic E-state index is 10.2. The zero-order valence-corrected chi connectivity index (χ0v) is 10.6. The molecule has 0 amide bonds. The molecule has 4 heteroatoms. The monoisotopic (exact) mass is 283 g/mol. The van der Waals surface area contributed by atoms with Crippen LogP contribution in [0.3, 0.4) is 0 Å². The number of carboxylic acid groups (broad SMARTS) is 1. The zero-order chi connectivity index (χ0) is 12.0. The molecule has 1 atom stereocenters. The highest BCUT2D eigenvalue weighted by atomic mass is 79.9. The molecular formula is C12H14BrNO2. The molecule has 1 rings (SSSR count). The van der Waals surface area contributed by atoms with Crippen LogP contribution in [0.15, 0.2) is 40.9 Å². The smallest absolute Gasteiger partial charge is 0.328 e. The van der Waals surface area contributed by atoms with Crippen LogP contribution in [-0.4, -0.2) is 17.6 Å². The van der Waals surface area contributed by atoms with Gasteiger partial charge >= 0.3 is 5.97 Å². The summed E-state index contributed by atoms with van der Waals surface area (Å²) in [7, 11) is 0. The fraction of sp³-hybridized carbons (Fsp3) is 0.250. The van der Waals surface area contributed by atoms with E-state index in [1.54, 1.807) is 6.08 Å².